The van der Waals surface area contributed by atoms with Crippen LogP contribution in [0.3, 0.4) is 0 Å². The Morgan fingerprint density at radius 2 is 2.10 bits per heavy atom. The molecule has 30 heavy (non-hydrogen) atoms. The Kier molecular flexibility index (Phi) is 5.00. The highest BCUT2D eigenvalue weighted by Crippen LogP contribution is 2.31. The van der Waals surface area contributed by atoms with E-state index in [-0.39, 0.29) is 12.0 Å². The first-order chi connectivity index (χ1) is 14.7. The van der Waals surface area contributed by atoms with Gasteiger partial charge in [-0.05, 0) is 51.0 Å². The minimum Gasteiger partial charge on any atom is -0.483 e. The molecule has 3 aromatic rings. The first-order valence-corrected chi connectivity index (χ1v) is 10.5. The summed E-state index contributed by atoms with van der Waals surface area (Å²) in [5.74, 6) is 1.76. The molecule has 0 spiro atoms. The number of ether oxygens (including phenoxy) is 1. The van der Waals surface area contributed by atoms with Gasteiger partial charge in [0.05, 0.1) is 12.1 Å². The highest BCUT2D eigenvalue weighted by atomic mass is 16.5. The third-order valence-electron chi connectivity index (χ3n) is 6.05. The second-order valence-corrected chi connectivity index (χ2v) is 8.14. The number of aromatic amines is 1. The molecule has 5 rings (SSSR count). The molecular weight excluding hydrogens is 380 g/mol. The molecule has 1 unspecified atom stereocenters. The Labute approximate surface area is 175 Å². The normalized spacial score (nSPS) is 20.3. The van der Waals surface area contributed by atoms with Crippen LogP contribution < -0.4 is 15.4 Å². The molecule has 0 radical (unpaired) electrons. The Balaban J connectivity index is 1.32. The van der Waals surface area contributed by atoms with E-state index < -0.39 is 0 Å². The van der Waals surface area contributed by atoms with E-state index in [0.29, 0.717) is 29.7 Å². The number of carbonyl (C=O) groups is 1. The van der Waals surface area contributed by atoms with Gasteiger partial charge in [-0.25, -0.2) is 4.98 Å². The topological polar surface area (TPSA) is 95.2 Å². The van der Waals surface area contributed by atoms with Crippen molar-refractivity contribution in [3.63, 3.8) is 0 Å². The van der Waals surface area contributed by atoms with Gasteiger partial charge in [0.15, 0.2) is 0 Å². The van der Waals surface area contributed by atoms with Crippen LogP contribution in [0.15, 0.2) is 36.7 Å². The van der Waals surface area contributed by atoms with Gasteiger partial charge in [-0.1, -0.05) is 12.1 Å². The van der Waals surface area contributed by atoms with Crippen molar-refractivity contribution in [3.8, 4) is 5.75 Å². The minimum atomic E-state index is -0.312. The number of hydrogen-bond acceptors (Lipinski definition) is 6. The zero-order valence-electron chi connectivity index (χ0n) is 17.0. The van der Waals surface area contributed by atoms with Crippen molar-refractivity contribution < 1.29 is 9.53 Å². The van der Waals surface area contributed by atoms with Crippen LogP contribution in [0, 0.1) is 5.92 Å². The van der Waals surface area contributed by atoms with Crippen LogP contribution in [0.2, 0.25) is 0 Å². The molecule has 2 aliphatic rings. The first-order valence-electron chi connectivity index (χ1n) is 10.5. The van der Waals surface area contributed by atoms with E-state index in [1.807, 2.05) is 30.6 Å². The molecule has 0 saturated carbocycles. The maximum absolute atomic E-state index is 12.3. The van der Waals surface area contributed by atoms with Crippen molar-refractivity contribution in [3.05, 3.63) is 47.8 Å². The average Bonchev–Trinajstić information content (AvgIpc) is 3.11. The summed E-state index contributed by atoms with van der Waals surface area (Å²) in [5.41, 5.74) is 2.25. The molecule has 8 nitrogen and oxygen atoms in total. The number of fused-ring (bicyclic) bond motifs is 2. The number of anilines is 1. The van der Waals surface area contributed by atoms with Gasteiger partial charge in [0.2, 0.25) is 5.95 Å². The highest BCUT2D eigenvalue weighted by Gasteiger charge is 2.26. The number of carbonyl (C=O) groups excluding carboxylic acids is 1. The van der Waals surface area contributed by atoms with Gasteiger partial charge < -0.3 is 25.3 Å². The number of benzene rings is 1. The molecule has 1 amide bonds. The smallest absolute Gasteiger partial charge is 0.255 e. The number of piperidine rings is 1. The third kappa shape index (κ3) is 3.70. The van der Waals surface area contributed by atoms with Crippen LogP contribution in [0.5, 0.6) is 5.75 Å². The Hall–Kier alpha value is -3.13. The second kappa shape index (κ2) is 7.95. The van der Waals surface area contributed by atoms with E-state index in [1.54, 1.807) is 6.07 Å². The summed E-state index contributed by atoms with van der Waals surface area (Å²) < 4.78 is 6.17. The number of nitrogens with one attached hydrogen (secondary N) is 3. The number of amides is 1. The summed E-state index contributed by atoms with van der Waals surface area (Å²) >= 11 is 0. The van der Waals surface area contributed by atoms with Crippen LogP contribution in [-0.2, 0) is 0 Å². The summed E-state index contributed by atoms with van der Waals surface area (Å²) in [7, 11) is 2.17. The third-order valence-corrected chi connectivity index (χ3v) is 6.05. The fourth-order valence-corrected chi connectivity index (χ4v) is 4.19. The van der Waals surface area contributed by atoms with Crippen LogP contribution in [0.4, 0.5) is 5.95 Å². The summed E-state index contributed by atoms with van der Waals surface area (Å²) in [6, 6.07) is 7.30. The molecule has 1 aromatic carbocycles. The van der Waals surface area contributed by atoms with Gasteiger partial charge in [-0.2, -0.15) is 4.98 Å². The molecule has 1 fully saturated rings. The Morgan fingerprint density at radius 3 is 2.97 bits per heavy atom. The summed E-state index contributed by atoms with van der Waals surface area (Å²) in [6.07, 6.45) is 5.81. The zero-order valence-corrected chi connectivity index (χ0v) is 17.0. The lowest BCUT2D eigenvalue weighted by molar-refractivity contribution is 0.0951. The minimum absolute atomic E-state index is 0.121. The lowest BCUT2D eigenvalue weighted by Gasteiger charge is -2.28. The molecule has 1 atom stereocenters. The number of para-hydroxylation sites is 1. The molecule has 1 saturated heterocycles. The van der Waals surface area contributed by atoms with Crippen molar-refractivity contribution in [2.24, 2.45) is 5.92 Å². The molecule has 8 heteroatoms. The lowest BCUT2D eigenvalue weighted by Crippen LogP contribution is -2.33. The zero-order chi connectivity index (χ0) is 20.5. The number of likely N-dealkylation sites (tertiary alicyclic amines) is 1. The molecule has 4 heterocycles. The van der Waals surface area contributed by atoms with E-state index in [1.165, 1.54) is 12.8 Å². The van der Waals surface area contributed by atoms with Gasteiger partial charge in [0.25, 0.3) is 5.91 Å². The van der Waals surface area contributed by atoms with Crippen LogP contribution in [-0.4, -0.2) is 59.0 Å². The fraction of sp³-hybridized carbons (Fsp3) is 0.409. The fourth-order valence-electron chi connectivity index (χ4n) is 4.19. The second-order valence-electron chi connectivity index (χ2n) is 8.14. The van der Waals surface area contributed by atoms with Gasteiger partial charge in [0.1, 0.15) is 17.5 Å². The van der Waals surface area contributed by atoms with Crippen LogP contribution in [0.25, 0.3) is 11.0 Å². The number of rotatable bonds is 4. The Bertz CT molecular complexity index is 1060. The summed E-state index contributed by atoms with van der Waals surface area (Å²) in [6.45, 7) is 3.57. The van der Waals surface area contributed by atoms with Crippen molar-refractivity contribution in [1.29, 1.82) is 0 Å². The number of aromatic nitrogens is 3. The lowest BCUT2D eigenvalue weighted by atomic mass is 9.97. The quantitative estimate of drug-likeness (QED) is 0.616. The Morgan fingerprint density at radius 1 is 1.27 bits per heavy atom. The molecule has 156 valence electrons. The number of H-pyrrole nitrogens is 1. The van der Waals surface area contributed by atoms with Gasteiger partial charge in [-0.3, -0.25) is 4.79 Å². The summed E-state index contributed by atoms with van der Waals surface area (Å²) in [5, 5.41) is 7.23. The van der Waals surface area contributed by atoms with Gasteiger partial charge in [-0.15, -0.1) is 0 Å². The van der Waals surface area contributed by atoms with Crippen molar-refractivity contribution in [2.75, 3.05) is 38.5 Å². The van der Waals surface area contributed by atoms with Gasteiger partial charge in [0, 0.05) is 29.9 Å². The highest BCUT2D eigenvalue weighted by molar-refractivity contribution is 5.97. The number of hydrogen-bond donors (Lipinski definition) is 3. The summed E-state index contributed by atoms with van der Waals surface area (Å²) in [4.78, 5) is 27.1. The van der Waals surface area contributed by atoms with E-state index in [4.69, 9.17) is 4.74 Å². The first kappa shape index (κ1) is 18.9. The predicted molar refractivity (Wildman–Crippen MR) is 115 cm³/mol. The molecule has 0 bridgehead atoms. The molecular formula is C22H26N6O2. The van der Waals surface area contributed by atoms with Crippen molar-refractivity contribution in [1.82, 2.24) is 25.2 Å². The standard InChI is InChI=1S/C22H26N6O2/c1-28-8-6-14(7-9-28)10-25-22-26-12-17-16(11-23-20(17)27-22)19-13-24-21(29)15-4-2-3-5-18(15)30-19/h2-5,11-12,14,19H,6-10,13H2,1H3,(H,24,29)(H2,23,25,26,27). The maximum Gasteiger partial charge on any atom is 0.255 e. The average molecular weight is 406 g/mol. The molecule has 2 aromatic heterocycles. The van der Waals surface area contributed by atoms with Gasteiger partial charge >= 0.3 is 0 Å². The van der Waals surface area contributed by atoms with Crippen LogP contribution >= 0.6 is 0 Å². The molecule has 3 N–H and O–H groups in total. The number of nitrogens with zero attached hydrogens (tertiary/aromatic N) is 3. The van der Waals surface area contributed by atoms with Crippen molar-refractivity contribution in [2.45, 2.75) is 18.9 Å². The van der Waals surface area contributed by atoms with E-state index >= 15 is 0 Å². The van der Waals surface area contributed by atoms with Crippen molar-refractivity contribution >= 4 is 22.9 Å². The van der Waals surface area contributed by atoms with E-state index in [2.05, 4.69) is 37.5 Å². The predicted octanol–water partition coefficient (Wildman–Crippen LogP) is 2.58. The maximum atomic E-state index is 12.3. The SMILES string of the molecule is CN1CCC(CNc2ncc3c(C4CNC(=O)c5ccccc5O4)c[nH]c3n2)CC1. The van der Waals surface area contributed by atoms with E-state index in [0.717, 1.165) is 36.2 Å². The monoisotopic (exact) mass is 406 g/mol. The molecule has 0 aliphatic carbocycles. The van der Waals surface area contributed by atoms with E-state index in [9.17, 15) is 4.79 Å². The molecule has 2 aliphatic heterocycles. The van der Waals surface area contributed by atoms with Crippen LogP contribution in [0.1, 0.15) is 34.9 Å². The largest absolute Gasteiger partial charge is 0.483 e.